The van der Waals surface area contributed by atoms with Gasteiger partial charge in [0.15, 0.2) is 0 Å². The molecule has 2 amide bonds. The van der Waals surface area contributed by atoms with E-state index in [-0.39, 0.29) is 17.2 Å². The molecule has 4 rings (SSSR count). The summed E-state index contributed by atoms with van der Waals surface area (Å²) in [4.78, 5) is 33.6. The van der Waals surface area contributed by atoms with Crippen molar-refractivity contribution >= 4 is 11.8 Å². The zero-order valence-electron chi connectivity index (χ0n) is 16.8. The molecule has 0 unspecified atom stereocenters. The molecule has 3 heterocycles. The third-order valence-corrected chi connectivity index (χ3v) is 6.06. The van der Waals surface area contributed by atoms with Crippen molar-refractivity contribution in [3.63, 3.8) is 0 Å². The van der Waals surface area contributed by atoms with Crippen LogP contribution in [-0.4, -0.2) is 76.3 Å². The van der Waals surface area contributed by atoms with E-state index >= 15 is 0 Å². The number of hydrogen-bond donors (Lipinski definition) is 0. The first kappa shape index (κ1) is 19.6. The summed E-state index contributed by atoms with van der Waals surface area (Å²) in [6.45, 7) is 3.26. The van der Waals surface area contributed by atoms with Crippen LogP contribution < -0.4 is 0 Å². The van der Waals surface area contributed by atoms with Crippen molar-refractivity contribution < 1.29 is 14.3 Å². The zero-order valence-corrected chi connectivity index (χ0v) is 16.8. The molecule has 1 aromatic heterocycles. The minimum Gasteiger partial charge on any atom is -0.383 e. The molecule has 0 bridgehead atoms. The normalized spacial score (nSPS) is 22.3. The standard InChI is InChI=1S/C21H27N5O3/c1-29-12-11-24-13-21(9-7-19(24)27)8-4-10-25(14-21)20(28)17-5-2-3-6-18(17)26-16-22-15-23-26/h2-3,5-6,15-16H,4,7-14H2,1H3/t21-/m1/s1. The molecule has 2 saturated heterocycles. The van der Waals surface area contributed by atoms with Gasteiger partial charge in [-0.1, -0.05) is 12.1 Å². The number of piperidine rings is 2. The van der Waals surface area contributed by atoms with Crippen LogP contribution in [0.2, 0.25) is 0 Å². The predicted molar refractivity (Wildman–Crippen MR) is 107 cm³/mol. The lowest BCUT2D eigenvalue weighted by molar-refractivity contribution is -0.139. The summed E-state index contributed by atoms with van der Waals surface area (Å²) >= 11 is 0. The molecule has 1 atom stereocenters. The number of aromatic nitrogens is 3. The second-order valence-electron chi connectivity index (χ2n) is 8.00. The number of benzene rings is 1. The van der Waals surface area contributed by atoms with E-state index < -0.39 is 0 Å². The van der Waals surface area contributed by atoms with E-state index in [4.69, 9.17) is 4.74 Å². The Kier molecular flexibility index (Phi) is 5.62. The molecule has 2 aromatic rings. The summed E-state index contributed by atoms with van der Waals surface area (Å²) < 4.78 is 6.79. The van der Waals surface area contributed by atoms with E-state index in [9.17, 15) is 9.59 Å². The highest BCUT2D eigenvalue weighted by atomic mass is 16.5. The number of carbonyl (C=O) groups is 2. The third kappa shape index (κ3) is 4.03. The third-order valence-electron chi connectivity index (χ3n) is 6.06. The van der Waals surface area contributed by atoms with Crippen LogP contribution in [0, 0.1) is 5.41 Å². The van der Waals surface area contributed by atoms with Crippen LogP contribution in [0.15, 0.2) is 36.9 Å². The topological polar surface area (TPSA) is 80.6 Å². The Balaban J connectivity index is 1.53. The number of likely N-dealkylation sites (tertiary alicyclic amines) is 2. The Labute approximate surface area is 170 Å². The molecule has 2 aliphatic rings. The van der Waals surface area contributed by atoms with Crippen molar-refractivity contribution in [3.8, 4) is 5.69 Å². The summed E-state index contributed by atoms with van der Waals surface area (Å²) in [5.41, 5.74) is 1.32. The molecule has 2 aliphatic heterocycles. The molecule has 154 valence electrons. The van der Waals surface area contributed by atoms with E-state index in [2.05, 4.69) is 10.1 Å². The van der Waals surface area contributed by atoms with Gasteiger partial charge in [-0.15, -0.1) is 0 Å². The van der Waals surface area contributed by atoms with Crippen LogP contribution >= 0.6 is 0 Å². The minimum atomic E-state index is -0.0300. The second-order valence-corrected chi connectivity index (χ2v) is 8.00. The Bertz CT molecular complexity index is 869. The number of nitrogens with zero attached hydrogens (tertiary/aromatic N) is 5. The number of ether oxygens (including phenoxy) is 1. The zero-order chi connectivity index (χ0) is 20.3. The van der Waals surface area contributed by atoms with Gasteiger partial charge in [-0.25, -0.2) is 9.67 Å². The van der Waals surface area contributed by atoms with Crippen LogP contribution in [-0.2, 0) is 9.53 Å². The lowest BCUT2D eigenvalue weighted by Gasteiger charge is -2.48. The first-order valence-electron chi connectivity index (χ1n) is 10.1. The van der Waals surface area contributed by atoms with E-state index in [1.54, 1.807) is 18.1 Å². The van der Waals surface area contributed by atoms with Crippen LogP contribution in [0.5, 0.6) is 0 Å². The van der Waals surface area contributed by atoms with Gasteiger partial charge in [0.25, 0.3) is 5.91 Å². The van der Waals surface area contributed by atoms with Gasteiger partial charge in [-0.2, -0.15) is 5.10 Å². The number of methoxy groups -OCH3 is 1. The molecular formula is C21H27N5O3. The average Bonchev–Trinajstić information content (AvgIpc) is 3.29. The van der Waals surface area contributed by atoms with Crippen molar-refractivity contribution in [1.82, 2.24) is 24.6 Å². The van der Waals surface area contributed by atoms with Gasteiger partial charge in [0.2, 0.25) is 5.91 Å². The highest BCUT2D eigenvalue weighted by Gasteiger charge is 2.42. The Morgan fingerprint density at radius 1 is 1.24 bits per heavy atom. The highest BCUT2D eigenvalue weighted by Crippen LogP contribution is 2.39. The summed E-state index contributed by atoms with van der Waals surface area (Å²) in [6, 6.07) is 7.49. The Hall–Kier alpha value is -2.74. The monoisotopic (exact) mass is 397 g/mol. The van der Waals surface area contributed by atoms with E-state index in [0.717, 1.165) is 31.5 Å². The van der Waals surface area contributed by atoms with Crippen LogP contribution in [0.25, 0.3) is 5.69 Å². The SMILES string of the molecule is COCCN1C[C@@]2(CCCN(C(=O)c3ccccc3-n3cncn3)C2)CCC1=O. The fourth-order valence-electron chi connectivity index (χ4n) is 4.58. The molecule has 1 aromatic carbocycles. The summed E-state index contributed by atoms with van der Waals surface area (Å²) in [5.74, 6) is 0.197. The molecule has 0 saturated carbocycles. The number of rotatable bonds is 5. The highest BCUT2D eigenvalue weighted by molar-refractivity contribution is 5.97. The minimum absolute atomic E-state index is 0.00974. The van der Waals surface area contributed by atoms with Gasteiger partial charge in [0.1, 0.15) is 12.7 Å². The maximum absolute atomic E-state index is 13.4. The maximum atomic E-state index is 13.4. The molecule has 8 heteroatoms. The molecule has 0 N–H and O–H groups in total. The quantitative estimate of drug-likeness (QED) is 0.768. The lowest BCUT2D eigenvalue weighted by Crippen LogP contribution is -2.55. The fourth-order valence-corrected chi connectivity index (χ4v) is 4.58. The molecular weight excluding hydrogens is 370 g/mol. The van der Waals surface area contributed by atoms with E-state index in [0.29, 0.717) is 38.2 Å². The Morgan fingerprint density at radius 2 is 2.10 bits per heavy atom. The number of amides is 2. The molecule has 2 fully saturated rings. The molecule has 0 radical (unpaired) electrons. The smallest absolute Gasteiger partial charge is 0.256 e. The van der Waals surface area contributed by atoms with Crippen molar-refractivity contribution in [2.75, 3.05) is 39.9 Å². The second kappa shape index (κ2) is 8.32. The molecule has 1 spiro atoms. The van der Waals surface area contributed by atoms with Gasteiger partial charge in [0, 0.05) is 45.1 Å². The van der Waals surface area contributed by atoms with E-state index in [1.165, 1.54) is 6.33 Å². The first-order chi connectivity index (χ1) is 14.1. The van der Waals surface area contributed by atoms with Gasteiger partial charge < -0.3 is 14.5 Å². The summed E-state index contributed by atoms with van der Waals surface area (Å²) in [7, 11) is 1.65. The Morgan fingerprint density at radius 3 is 2.90 bits per heavy atom. The average molecular weight is 397 g/mol. The molecule has 0 aliphatic carbocycles. The van der Waals surface area contributed by atoms with E-state index in [1.807, 2.05) is 34.1 Å². The van der Waals surface area contributed by atoms with Gasteiger partial charge in [-0.3, -0.25) is 9.59 Å². The van der Waals surface area contributed by atoms with Crippen molar-refractivity contribution in [2.45, 2.75) is 25.7 Å². The summed E-state index contributed by atoms with van der Waals surface area (Å²) in [5, 5.41) is 4.18. The van der Waals surface area contributed by atoms with Crippen LogP contribution in [0.4, 0.5) is 0 Å². The number of hydrogen-bond acceptors (Lipinski definition) is 5. The number of carbonyl (C=O) groups excluding carboxylic acids is 2. The molecule has 8 nitrogen and oxygen atoms in total. The summed E-state index contributed by atoms with van der Waals surface area (Å²) in [6.07, 6.45) is 6.43. The van der Waals surface area contributed by atoms with Crippen molar-refractivity contribution in [3.05, 3.63) is 42.5 Å². The van der Waals surface area contributed by atoms with Crippen molar-refractivity contribution in [1.29, 1.82) is 0 Å². The van der Waals surface area contributed by atoms with Gasteiger partial charge >= 0.3 is 0 Å². The fraction of sp³-hybridized carbons (Fsp3) is 0.524. The van der Waals surface area contributed by atoms with Crippen LogP contribution in [0.1, 0.15) is 36.0 Å². The lowest BCUT2D eigenvalue weighted by atomic mass is 9.73. The largest absolute Gasteiger partial charge is 0.383 e. The van der Waals surface area contributed by atoms with Gasteiger partial charge in [0.05, 0.1) is 17.9 Å². The maximum Gasteiger partial charge on any atom is 0.256 e. The number of para-hydroxylation sites is 1. The first-order valence-corrected chi connectivity index (χ1v) is 10.1. The van der Waals surface area contributed by atoms with Gasteiger partial charge in [-0.05, 0) is 31.4 Å². The predicted octanol–water partition coefficient (Wildman–Crippen LogP) is 1.76. The molecule has 29 heavy (non-hydrogen) atoms. The van der Waals surface area contributed by atoms with Crippen molar-refractivity contribution in [2.24, 2.45) is 5.41 Å². The van der Waals surface area contributed by atoms with Crippen LogP contribution in [0.3, 0.4) is 0 Å².